The molecule has 2 aliphatic rings. The highest BCUT2D eigenvalue weighted by Gasteiger charge is 2.42. The summed E-state index contributed by atoms with van der Waals surface area (Å²) in [6.45, 7) is 2.12. The van der Waals surface area contributed by atoms with Crippen LogP contribution in [0.4, 0.5) is 0 Å². The van der Waals surface area contributed by atoms with Crippen molar-refractivity contribution >= 4 is 0 Å². The van der Waals surface area contributed by atoms with Crippen molar-refractivity contribution in [3.05, 3.63) is 0 Å². The molecule has 0 aliphatic heterocycles. The Hall–Kier alpha value is -0.0800. The van der Waals surface area contributed by atoms with Gasteiger partial charge in [-0.15, -0.1) is 0 Å². The third-order valence-electron chi connectivity index (χ3n) is 3.23. The molecule has 2 rings (SSSR count). The smallest absolute Gasteiger partial charge is 0.166 e. The second kappa shape index (κ2) is 2.71. The average molecular weight is 170 g/mol. The molecule has 12 heavy (non-hydrogen) atoms. The van der Waals surface area contributed by atoms with E-state index in [-0.39, 0.29) is 5.60 Å². The van der Waals surface area contributed by atoms with E-state index in [1.165, 1.54) is 6.42 Å². The lowest BCUT2D eigenvalue weighted by Gasteiger charge is -2.43. The van der Waals surface area contributed by atoms with Crippen LogP contribution in [0.5, 0.6) is 0 Å². The zero-order chi connectivity index (χ0) is 8.66. The summed E-state index contributed by atoms with van der Waals surface area (Å²) in [4.78, 5) is 0. The second-order valence-electron chi connectivity index (χ2n) is 4.56. The Kier molecular flexibility index (Phi) is 1.92. The lowest BCUT2D eigenvalue weighted by Crippen LogP contribution is -2.45. The molecule has 0 unspecified atom stereocenters. The van der Waals surface area contributed by atoms with Gasteiger partial charge in [0.15, 0.2) is 5.79 Å². The van der Waals surface area contributed by atoms with Crippen molar-refractivity contribution in [2.45, 2.75) is 63.3 Å². The summed E-state index contributed by atoms with van der Waals surface area (Å²) < 4.78 is 5.78. The van der Waals surface area contributed by atoms with Gasteiger partial charge in [0, 0.05) is 12.8 Å². The zero-order valence-electron chi connectivity index (χ0n) is 7.81. The molecule has 0 aromatic carbocycles. The summed E-state index contributed by atoms with van der Waals surface area (Å²) in [5.41, 5.74) is -0.000903. The molecule has 2 nitrogen and oxygen atoms in total. The highest BCUT2D eigenvalue weighted by Crippen LogP contribution is 2.42. The molecule has 0 amide bonds. The van der Waals surface area contributed by atoms with Crippen LogP contribution in [-0.2, 0) is 4.74 Å². The SMILES string of the molecule is CC1(OC2(O)CCCC2)CCC1. The summed E-state index contributed by atoms with van der Waals surface area (Å²) in [5.74, 6) is -0.769. The number of rotatable bonds is 2. The predicted octanol–water partition coefficient (Wildman–Crippen LogP) is 2.21. The average Bonchev–Trinajstić information content (AvgIpc) is 2.33. The minimum Gasteiger partial charge on any atom is -0.365 e. The van der Waals surface area contributed by atoms with Crippen molar-refractivity contribution in [3.8, 4) is 0 Å². The molecular weight excluding hydrogens is 152 g/mol. The molecule has 0 aromatic heterocycles. The molecule has 1 N–H and O–H groups in total. The molecule has 2 aliphatic carbocycles. The van der Waals surface area contributed by atoms with Gasteiger partial charge in [-0.3, -0.25) is 0 Å². The van der Waals surface area contributed by atoms with E-state index in [4.69, 9.17) is 4.74 Å². The maximum absolute atomic E-state index is 9.97. The molecule has 0 atom stereocenters. The lowest BCUT2D eigenvalue weighted by atomic mass is 9.81. The fraction of sp³-hybridized carbons (Fsp3) is 1.00. The van der Waals surface area contributed by atoms with Gasteiger partial charge in [0.2, 0.25) is 0 Å². The first-order valence-corrected chi connectivity index (χ1v) is 5.05. The van der Waals surface area contributed by atoms with Crippen molar-refractivity contribution in [1.82, 2.24) is 0 Å². The molecule has 70 valence electrons. The Labute approximate surface area is 73.9 Å². The van der Waals surface area contributed by atoms with Gasteiger partial charge in [0.1, 0.15) is 0 Å². The Balaban J connectivity index is 1.92. The van der Waals surface area contributed by atoms with Gasteiger partial charge < -0.3 is 9.84 Å². The summed E-state index contributed by atoms with van der Waals surface area (Å²) in [7, 11) is 0. The van der Waals surface area contributed by atoms with Crippen molar-refractivity contribution in [3.63, 3.8) is 0 Å². The quantitative estimate of drug-likeness (QED) is 0.644. The minimum atomic E-state index is -0.769. The van der Waals surface area contributed by atoms with Crippen LogP contribution in [0.3, 0.4) is 0 Å². The summed E-state index contributed by atoms with van der Waals surface area (Å²) in [6.07, 6.45) is 7.40. The van der Waals surface area contributed by atoms with Crippen LogP contribution in [-0.4, -0.2) is 16.5 Å². The lowest BCUT2D eigenvalue weighted by molar-refractivity contribution is -0.275. The highest BCUT2D eigenvalue weighted by molar-refractivity contribution is 4.89. The van der Waals surface area contributed by atoms with E-state index in [1.54, 1.807) is 0 Å². The monoisotopic (exact) mass is 170 g/mol. The molecule has 0 saturated heterocycles. The predicted molar refractivity (Wildman–Crippen MR) is 46.8 cm³/mol. The van der Waals surface area contributed by atoms with E-state index in [0.29, 0.717) is 0 Å². The minimum absolute atomic E-state index is 0.000903. The standard InChI is InChI=1S/C10H18O2/c1-9(5-4-6-9)12-10(11)7-2-3-8-10/h11H,2-8H2,1H3. The van der Waals surface area contributed by atoms with Crippen molar-refractivity contribution in [2.24, 2.45) is 0 Å². The molecule has 0 heterocycles. The van der Waals surface area contributed by atoms with Crippen LogP contribution >= 0.6 is 0 Å². The van der Waals surface area contributed by atoms with Gasteiger partial charge in [0.05, 0.1) is 5.60 Å². The molecule has 0 spiro atoms. The number of ether oxygens (including phenoxy) is 1. The van der Waals surface area contributed by atoms with E-state index in [1.807, 2.05) is 0 Å². The van der Waals surface area contributed by atoms with Gasteiger partial charge in [0.25, 0.3) is 0 Å². The molecule has 2 fully saturated rings. The maximum Gasteiger partial charge on any atom is 0.166 e. The van der Waals surface area contributed by atoms with E-state index < -0.39 is 5.79 Å². The number of hydrogen-bond donors (Lipinski definition) is 1. The highest BCUT2D eigenvalue weighted by atomic mass is 16.6. The van der Waals surface area contributed by atoms with Crippen LogP contribution < -0.4 is 0 Å². The Morgan fingerprint density at radius 2 is 1.58 bits per heavy atom. The fourth-order valence-electron chi connectivity index (χ4n) is 2.26. The Morgan fingerprint density at radius 1 is 1.00 bits per heavy atom. The third-order valence-corrected chi connectivity index (χ3v) is 3.23. The first-order valence-electron chi connectivity index (χ1n) is 5.05. The fourth-order valence-corrected chi connectivity index (χ4v) is 2.26. The number of aliphatic hydroxyl groups is 1. The normalized spacial score (nSPS) is 31.5. The Morgan fingerprint density at radius 3 is 2.00 bits per heavy atom. The van der Waals surface area contributed by atoms with Crippen molar-refractivity contribution < 1.29 is 9.84 Å². The third kappa shape index (κ3) is 1.50. The summed E-state index contributed by atoms with van der Waals surface area (Å²) >= 11 is 0. The van der Waals surface area contributed by atoms with Gasteiger partial charge in [-0.25, -0.2) is 0 Å². The van der Waals surface area contributed by atoms with Gasteiger partial charge in [-0.05, 0) is 39.0 Å². The summed E-state index contributed by atoms with van der Waals surface area (Å²) in [6, 6.07) is 0. The first-order chi connectivity index (χ1) is 5.62. The van der Waals surface area contributed by atoms with E-state index in [2.05, 4.69) is 6.92 Å². The topological polar surface area (TPSA) is 29.5 Å². The molecule has 0 radical (unpaired) electrons. The van der Waals surface area contributed by atoms with Crippen LogP contribution in [0.15, 0.2) is 0 Å². The van der Waals surface area contributed by atoms with Crippen molar-refractivity contribution in [2.75, 3.05) is 0 Å². The molecule has 2 heteroatoms. The molecule has 2 saturated carbocycles. The molecule has 0 aromatic rings. The van der Waals surface area contributed by atoms with Crippen molar-refractivity contribution in [1.29, 1.82) is 0 Å². The van der Waals surface area contributed by atoms with Crippen LogP contribution in [0, 0.1) is 0 Å². The van der Waals surface area contributed by atoms with E-state index >= 15 is 0 Å². The van der Waals surface area contributed by atoms with Crippen LogP contribution in [0.2, 0.25) is 0 Å². The zero-order valence-corrected chi connectivity index (χ0v) is 7.81. The molecule has 0 bridgehead atoms. The summed E-state index contributed by atoms with van der Waals surface area (Å²) in [5, 5.41) is 9.97. The van der Waals surface area contributed by atoms with Gasteiger partial charge >= 0.3 is 0 Å². The van der Waals surface area contributed by atoms with Crippen LogP contribution in [0.25, 0.3) is 0 Å². The Bertz CT molecular complexity index is 167. The number of hydrogen-bond acceptors (Lipinski definition) is 2. The van der Waals surface area contributed by atoms with Gasteiger partial charge in [-0.2, -0.15) is 0 Å². The van der Waals surface area contributed by atoms with E-state index in [0.717, 1.165) is 38.5 Å². The maximum atomic E-state index is 9.97. The molecular formula is C10H18O2. The largest absolute Gasteiger partial charge is 0.365 e. The first kappa shape index (κ1) is 8.52. The van der Waals surface area contributed by atoms with Gasteiger partial charge in [-0.1, -0.05) is 0 Å². The second-order valence-corrected chi connectivity index (χ2v) is 4.56. The van der Waals surface area contributed by atoms with E-state index in [9.17, 15) is 5.11 Å². The van der Waals surface area contributed by atoms with Crippen LogP contribution in [0.1, 0.15) is 51.9 Å².